The van der Waals surface area contributed by atoms with Crippen LogP contribution < -0.4 is 5.32 Å². The van der Waals surface area contributed by atoms with E-state index < -0.39 is 0 Å². The van der Waals surface area contributed by atoms with Crippen LogP contribution in [0.15, 0.2) is 23.0 Å². The first-order chi connectivity index (χ1) is 12.5. The molecule has 0 saturated carbocycles. The fourth-order valence-electron chi connectivity index (χ4n) is 3.49. The van der Waals surface area contributed by atoms with E-state index in [-0.39, 0.29) is 23.8 Å². The molecular weight excluding hydrogens is 336 g/mol. The van der Waals surface area contributed by atoms with Crippen LogP contribution in [0.2, 0.25) is 0 Å². The summed E-state index contributed by atoms with van der Waals surface area (Å²) in [5, 5.41) is 3.07. The Morgan fingerprint density at radius 2 is 1.77 bits per heavy atom. The molecular formula is C18H26N4O4. The lowest BCUT2D eigenvalue weighted by Crippen LogP contribution is -2.53. The zero-order valence-electron chi connectivity index (χ0n) is 15.1. The van der Waals surface area contributed by atoms with Crippen LogP contribution in [0, 0.1) is 0 Å². The number of furan rings is 1. The van der Waals surface area contributed by atoms with Crippen molar-refractivity contribution in [1.82, 2.24) is 20.0 Å². The third-order valence-corrected chi connectivity index (χ3v) is 5.10. The highest BCUT2D eigenvalue weighted by atomic mass is 16.3. The van der Waals surface area contributed by atoms with Gasteiger partial charge in [0.2, 0.25) is 11.8 Å². The molecule has 26 heavy (non-hydrogen) atoms. The van der Waals surface area contributed by atoms with E-state index in [1.165, 1.54) is 12.5 Å². The molecule has 8 heteroatoms. The summed E-state index contributed by atoms with van der Waals surface area (Å²) in [6.07, 6.45) is 4.56. The van der Waals surface area contributed by atoms with Gasteiger partial charge in [-0.15, -0.1) is 0 Å². The molecule has 1 N–H and O–H groups in total. The first-order valence-corrected chi connectivity index (χ1v) is 9.11. The molecule has 0 atom stereocenters. The predicted octanol–water partition coefficient (Wildman–Crippen LogP) is 0.165. The lowest BCUT2D eigenvalue weighted by molar-refractivity contribution is -0.130. The van der Waals surface area contributed by atoms with Crippen molar-refractivity contribution in [1.29, 1.82) is 0 Å². The lowest BCUT2D eigenvalue weighted by Gasteiger charge is -2.35. The minimum absolute atomic E-state index is 0.0147. The van der Waals surface area contributed by atoms with Crippen molar-refractivity contribution in [3.63, 3.8) is 0 Å². The van der Waals surface area contributed by atoms with E-state index in [4.69, 9.17) is 4.42 Å². The average Bonchev–Trinajstić information content (AvgIpc) is 3.17. The molecule has 0 aliphatic carbocycles. The summed E-state index contributed by atoms with van der Waals surface area (Å²) in [7, 11) is 0. The van der Waals surface area contributed by atoms with E-state index in [0.717, 1.165) is 12.8 Å². The van der Waals surface area contributed by atoms with Crippen LogP contribution in [-0.4, -0.2) is 84.3 Å². The van der Waals surface area contributed by atoms with Crippen molar-refractivity contribution >= 4 is 17.7 Å². The Morgan fingerprint density at radius 3 is 2.35 bits per heavy atom. The number of piperazine rings is 1. The Morgan fingerprint density at radius 1 is 1.08 bits per heavy atom. The molecule has 8 nitrogen and oxygen atoms in total. The number of hydrogen-bond acceptors (Lipinski definition) is 5. The quantitative estimate of drug-likeness (QED) is 0.825. The summed E-state index contributed by atoms with van der Waals surface area (Å²) in [6.45, 7) is 5.91. The van der Waals surface area contributed by atoms with Gasteiger partial charge >= 0.3 is 0 Å². The fourth-order valence-corrected chi connectivity index (χ4v) is 3.49. The monoisotopic (exact) mass is 362 g/mol. The lowest BCUT2D eigenvalue weighted by atomic mass is 10.1. The second kappa shape index (κ2) is 8.35. The van der Waals surface area contributed by atoms with Crippen LogP contribution in [0.3, 0.4) is 0 Å². The van der Waals surface area contributed by atoms with Gasteiger partial charge in [-0.05, 0) is 18.9 Å². The summed E-state index contributed by atoms with van der Waals surface area (Å²) in [5.41, 5.74) is 0.563. The number of rotatable bonds is 4. The smallest absolute Gasteiger partial charge is 0.257 e. The molecule has 2 fully saturated rings. The second-order valence-electron chi connectivity index (χ2n) is 6.93. The van der Waals surface area contributed by atoms with Gasteiger partial charge in [-0.2, -0.15) is 0 Å². The van der Waals surface area contributed by atoms with Crippen molar-refractivity contribution < 1.29 is 18.8 Å². The first-order valence-electron chi connectivity index (χ1n) is 9.11. The molecule has 1 aromatic rings. The maximum Gasteiger partial charge on any atom is 0.257 e. The predicted molar refractivity (Wildman–Crippen MR) is 94.5 cm³/mol. The zero-order chi connectivity index (χ0) is 18.5. The molecule has 2 saturated heterocycles. The number of carbonyl (C=O) groups is 3. The average molecular weight is 362 g/mol. The number of nitrogens with zero attached hydrogens (tertiary/aromatic N) is 3. The van der Waals surface area contributed by atoms with Gasteiger partial charge in [-0.3, -0.25) is 19.3 Å². The van der Waals surface area contributed by atoms with E-state index in [0.29, 0.717) is 51.4 Å². The number of nitrogens with one attached hydrogen (secondary N) is 1. The van der Waals surface area contributed by atoms with Crippen molar-refractivity contribution in [3.8, 4) is 0 Å². The van der Waals surface area contributed by atoms with E-state index in [9.17, 15) is 14.4 Å². The van der Waals surface area contributed by atoms with Crippen LogP contribution in [0.4, 0.5) is 0 Å². The topological polar surface area (TPSA) is 86.1 Å². The van der Waals surface area contributed by atoms with Crippen LogP contribution in [0.25, 0.3) is 0 Å². The Hall–Kier alpha value is -2.35. The minimum Gasteiger partial charge on any atom is -0.472 e. The highest BCUT2D eigenvalue weighted by Gasteiger charge is 2.25. The summed E-state index contributed by atoms with van der Waals surface area (Å²) in [4.78, 5) is 41.6. The standard InChI is InChI=1S/C18H26N4O4/c1-14(23)21-5-2-16(3-6-21)19-17(24)12-20-7-9-22(10-8-20)18(25)15-4-11-26-13-15/h4,11,13,16H,2-3,5-10,12H2,1H3,(H,19,24). The largest absolute Gasteiger partial charge is 0.472 e. The maximum absolute atomic E-state index is 12.3. The summed E-state index contributed by atoms with van der Waals surface area (Å²) < 4.78 is 4.96. The van der Waals surface area contributed by atoms with Crippen LogP contribution >= 0.6 is 0 Å². The molecule has 0 spiro atoms. The Kier molecular flexibility index (Phi) is 5.92. The summed E-state index contributed by atoms with van der Waals surface area (Å²) in [6, 6.07) is 1.81. The van der Waals surface area contributed by atoms with E-state index in [1.807, 2.05) is 4.90 Å². The number of amides is 3. The molecule has 1 aromatic heterocycles. The molecule has 0 aromatic carbocycles. The molecule has 0 unspecified atom stereocenters. The minimum atomic E-state index is -0.0277. The second-order valence-corrected chi connectivity index (χ2v) is 6.93. The number of piperidine rings is 1. The summed E-state index contributed by atoms with van der Waals surface area (Å²) >= 11 is 0. The van der Waals surface area contributed by atoms with Gasteiger partial charge in [0.25, 0.3) is 5.91 Å². The van der Waals surface area contributed by atoms with Gasteiger partial charge in [-0.25, -0.2) is 0 Å². The Balaban J connectivity index is 1.37. The Bertz CT molecular complexity index is 630. The molecule has 2 aliphatic heterocycles. The summed E-state index contributed by atoms with van der Waals surface area (Å²) in [5.74, 6) is 0.0820. The Labute approximate surface area is 153 Å². The van der Waals surface area contributed by atoms with E-state index >= 15 is 0 Å². The number of hydrogen-bond donors (Lipinski definition) is 1. The van der Waals surface area contributed by atoms with Gasteiger partial charge in [0.15, 0.2) is 0 Å². The van der Waals surface area contributed by atoms with E-state index in [2.05, 4.69) is 10.2 Å². The van der Waals surface area contributed by atoms with Crippen molar-refractivity contribution in [3.05, 3.63) is 24.2 Å². The molecule has 0 bridgehead atoms. The molecule has 3 amide bonds. The van der Waals surface area contributed by atoms with Crippen molar-refractivity contribution in [2.45, 2.75) is 25.8 Å². The highest BCUT2D eigenvalue weighted by Crippen LogP contribution is 2.11. The third kappa shape index (κ3) is 4.63. The molecule has 0 radical (unpaired) electrons. The van der Waals surface area contributed by atoms with Crippen molar-refractivity contribution in [2.75, 3.05) is 45.8 Å². The number of carbonyl (C=O) groups excluding carboxylic acids is 3. The van der Waals surface area contributed by atoms with Crippen LogP contribution in [-0.2, 0) is 9.59 Å². The SMILES string of the molecule is CC(=O)N1CCC(NC(=O)CN2CCN(C(=O)c3ccoc3)CC2)CC1. The van der Waals surface area contributed by atoms with Gasteiger partial charge in [0, 0.05) is 52.2 Å². The molecule has 142 valence electrons. The molecule has 2 aliphatic rings. The van der Waals surface area contributed by atoms with Gasteiger partial charge < -0.3 is 19.5 Å². The normalized spacial score (nSPS) is 19.4. The maximum atomic E-state index is 12.3. The van der Waals surface area contributed by atoms with Gasteiger partial charge in [0.1, 0.15) is 6.26 Å². The molecule has 3 rings (SSSR count). The highest BCUT2D eigenvalue weighted by molar-refractivity contribution is 5.93. The van der Waals surface area contributed by atoms with Crippen LogP contribution in [0.5, 0.6) is 0 Å². The third-order valence-electron chi connectivity index (χ3n) is 5.10. The fraction of sp³-hybridized carbons (Fsp3) is 0.611. The van der Waals surface area contributed by atoms with Crippen LogP contribution in [0.1, 0.15) is 30.1 Å². The molecule has 3 heterocycles. The van der Waals surface area contributed by atoms with E-state index in [1.54, 1.807) is 17.9 Å². The zero-order valence-corrected chi connectivity index (χ0v) is 15.1. The first kappa shape index (κ1) is 18.4. The van der Waals surface area contributed by atoms with Gasteiger partial charge in [0.05, 0.1) is 18.4 Å². The van der Waals surface area contributed by atoms with Gasteiger partial charge in [-0.1, -0.05) is 0 Å². The number of likely N-dealkylation sites (tertiary alicyclic amines) is 1. The van der Waals surface area contributed by atoms with Crippen molar-refractivity contribution in [2.24, 2.45) is 0 Å².